The molecule has 0 saturated carbocycles. The maximum atomic E-state index is 4.58. The summed E-state index contributed by atoms with van der Waals surface area (Å²) in [7, 11) is 0. The molecule has 1 aromatic heterocycles. The van der Waals surface area contributed by atoms with E-state index in [1.165, 1.54) is 11.1 Å². The van der Waals surface area contributed by atoms with Crippen LogP contribution in [0.1, 0.15) is 29.2 Å². The Morgan fingerprint density at radius 2 is 1.61 bits per heavy atom. The number of hydrogen-bond donors (Lipinski definition) is 1. The van der Waals surface area contributed by atoms with Gasteiger partial charge in [-0.2, -0.15) is 0 Å². The van der Waals surface area contributed by atoms with Crippen LogP contribution in [0.3, 0.4) is 0 Å². The first-order valence-corrected chi connectivity index (χ1v) is 8.09. The second kappa shape index (κ2) is 7.59. The largest absolute Gasteiger partial charge is 0.385 e. The molecule has 2 nitrogen and oxygen atoms in total. The quantitative estimate of drug-likeness (QED) is 0.691. The lowest BCUT2D eigenvalue weighted by Gasteiger charge is -2.18. The van der Waals surface area contributed by atoms with E-state index in [1.807, 2.05) is 18.3 Å². The molecule has 3 aromatic rings. The molecule has 0 unspecified atom stereocenters. The Labute approximate surface area is 138 Å². The second-order valence-electron chi connectivity index (χ2n) is 5.80. The van der Waals surface area contributed by atoms with Crippen molar-refractivity contribution >= 4 is 5.69 Å². The van der Waals surface area contributed by atoms with Crippen molar-refractivity contribution in [2.45, 2.75) is 19.3 Å². The van der Waals surface area contributed by atoms with Crippen molar-refractivity contribution in [3.05, 3.63) is 95.8 Å². The average molecular weight is 302 g/mol. The number of nitrogens with zero attached hydrogens (tertiary/aromatic N) is 1. The highest BCUT2D eigenvalue weighted by Crippen LogP contribution is 2.26. The van der Waals surface area contributed by atoms with Crippen molar-refractivity contribution in [1.82, 2.24) is 4.98 Å². The fourth-order valence-electron chi connectivity index (χ4n) is 2.78. The van der Waals surface area contributed by atoms with E-state index in [4.69, 9.17) is 0 Å². The van der Waals surface area contributed by atoms with E-state index in [9.17, 15) is 0 Å². The number of aryl methyl sites for hydroxylation is 1. The summed E-state index contributed by atoms with van der Waals surface area (Å²) in [6, 6.07) is 25.3. The van der Waals surface area contributed by atoms with Gasteiger partial charge in [-0.1, -0.05) is 54.1 Å². The van der Waals surface area contributed by atoms with Crippen LogP contribution in [0.15, 0.2) is 79.0 Å². The number of benzene rings is 2. The second-order valence-corrected chi connectivity index (χ2v) is 5.80. The molecule has 0 fully saturated rings. The van der Waals surface area contributed by atoms with E-state index >= 15 is 0 Å². The molecule has 0 amide bonds. The number of hydrogen-bond acceptors (Lipinski definition) is 2. The minimum Gasteiger partial charge on any atom is -0.385 e. The molecule has 0 aliphatic carbocycles. The summed E-state index contributed by atoms with van der Waals surface area (Å²) in [5.74, 6) is 0.313. The zero-order valence-electron chi connectivity index (χ0n) is 13.4. The third kappa shape index (κ3) is 4.19. The highest BCUT2D eigenvalue weighted by atomic mass is 14.9. The van der Waals surface area contributed by atoms with Gasteiger partial charge in [0.2, 0.25) is 0 Å². The number of anilines is 1. The Balaban J connectivity index is 1.74. The fourth-order valence-corrected chi connectivity index (χ4v) is 2.78. The molecule has 0 bridgehead atoms. The standard InChI is InChI=1S/C21H22N2/c1-17-10-12-18(13-11-17)20(21-9-5-6-15-23-21)14-16-22-19-7-3-2-4-8-19/h2-13,15,20,22H,14,16H2,1H3/t20-/m1/s1. The van der Waals surface area contributed by atoms with Crippen LogP contribution in [-0.4, -0.2) is 11.5 Å². The van der Waals surface area contributed by atoms with E-state index in [0.29, 0.717) is 5.92 Å². The van der Waals surface area contributed by atoms with Gasteiger partial charge in [-0.25, -0.2) is 0 Å². The summed E-state index contributed by atoms with van der Waals surface area (Å²) in [6.07, 6.45) is 2.89. The van der Waals surface area contributed by atoms with Gasteiger partial charge in [-0.05, 0) is 43.2 Å². The highest BCUT2D eigenvalue weighted by molar-refractivity contribution is 5.42. The lowest BCUT2D eigenvalue weighted by molar-refractivity contribution is 0.721. The minimum absolute atomic E-state index is 0.313. The third-order valence-electron chi connectivity index (χ3n) is 4.06. The lowest BCUT2D eigenvalue weighted by atomic mass is 9.91. The van der Waals surface area contributed by atoms with Crippen LogP contribution >= 0.6 is 0 Å². The van der Waals surface area contributed by atoms with Crippen LogP contribution in [0.2, 0.25) is 0 Å². The maximum Gasteiger partial charge on any atom is 0.0479 e. The molecule has 116 valence electrons. The Morgan fingerprint density at radius 3 is 2.30 bits per heavy atom. The summed E-state index contributed by atoms with van der Waals surface area (Å²) in [5, 5.41) is 3.50. The molecule has 0 radical (unpaired) electrons. The third-order valence-corrected chi connectivity index (χ3v) is 4.06. The summed E-state index contributed by atoms with van der Waals surface area (Å²) < 4.78 is 0. The first-order valence-electron chi connectivity index (χ1n) is 8.09. The molecule has 2 heteroatoms. The topological polar surface area (TPSA) is 24.9 Å². The molecule has 1 heterocycles. The van der Waals surface area contributed by atoms with Crippen molar-refractivity contribution in [2.75, 3.05) is 11.9 Å². The minimum atomic E-state index is 0.313. The van der Waals surface area contributed by atoms with E-state index in [2.05, 4.69) is 77.9 Å². The molecule has 23 heavy (non-hydrogen) atoms. The van der Waals surface area contributed by atoms with E-state index in [0.717, 1.165) is 24.3 Å². The normalized spacial score (nSPS) is 11.9. The zero-order chi connectivity index (χ0) is 15.9. The van der Waals surface area contributed by atoms with Crippen molar-refractivity contribution in [1.29, 1.82) is 0 Å². The number of pyridine rings is 1. The molecular weight excluding hydrogens is 280 g/mol. The van der Waals surface area contributed by atoms with Gasteiger partial charge >= 0.3 is 0 Å². The van der Waals surface area contributed by atoms with Crippen molar-refractivity contribution < 1.29 is 0 Å². The van der Waals surface area contributed by atoms with Crippen LogP contribution in [-0.2, 0) is 0 Å². The van der Waals surface area contributed by atoms with E-state index in [-0.39, 0.29) is 0 Å². The predicted molar refractivity (Wildman–Crippen MR) is 96.8 cm³/mol. The van der Waals surface area contributed by atoms with Gasteiger partial charge in [-0.15, -0.1) is 0 Å². The van der Waals surface area contributed by atoms with Crippen LogP contribution in [0, 0.1) is 6.92 Å². The van der Waals surface area contributed by atoms with Gasteiger partial charge in [0.1, 0.15) is 0 Å². The van der Waals surface area contributed by atoms with Gasteiger partial charge in [0.15, 0.2) is 0 Å². The number of para-hydroxylation sites is 1. The van der Waals surface area contributed by atoms with Gasteiger partial charge in [0, 0.05) is 30.0 Å². The summed E-state index contributed by atoms with van der Waals surface area (Å²) in [6.45, 7) is 3.04. The molecule has 0 aliphatic heterocycles. The summed E-state index contributed by atoms with van der Waals surface area (Å²) >= 11 is 0. The van der Waals surface area contributed by atoms with Crippen molar-refractivity contribution in [3.63, 3.8) is 0 Å². The average Bonchev–Trinajstić information content (AvgIpc) is 2.61. The smallest absolute Gasteiger partial charge is 0.0479 e. The SMILES string of the molecule is Cc1ccc([C@@H](CCNc2ccccc2)c2ccccn2)cc1. The molecule has 0 saturated heterocycles. The lowest BCUT2D eigenvalue weighted by Crippen LogP contribution is -2.10. The first-order chi connectivity index (χ1) is 11.3. The Bertz CT molecular complexity index is 706. The molecule has 0 spiro atoms. The molecule has 1 atom stereocenters. The molecule has 0 aliphatic rings. The van der Waals surface area contributed by atoms with Gasteiger partial charge < -0.3 is 5.32 Å². The van der Waals surface area contributed by atoms with Crippen LogP contribution in [0.5, 0.6) is 0 Å². The highest BCUT2D eigenvalue weighted by Gasteiger charge is 2.14. The number of rotatable bonds is 6. The maximum absolute atomic E-state index is 4.58. The Hall–Kier alpha value is -2.61. The van der Waals surface area contributed by atoms with Crippen LogP contribution < -0.4 is 5.32 Å². The molecule has 3 rings (SSSR count). The Morgan fingerprint density at radius 1 is 0.870 bits per heavy atom. The number of nitrogens with one attached hydrogen (secondary N) is 1. The summed E-state index contributed by atoms with van der Waals surface area (Å²) in [4.78, 5) is 4.58. The zero-order valence-corrected chi connectivity index (χ0v) is 13.4. The van der Waals surface area contributed by atoms with Crippen LogP contribution in [0.4, 0.5) is 5.69 Å². The monoisotopic (exact) mass is 302 g/mol. The van der Waals surface area contributed by atoms with Crippen LogP contribution in [0.25, 0.3) is 0 Å². The van der Waals surface area contributed by atoms with Gasteiger partial charge in [0.05, 0.1) is 0 Å². The van der Waals surface area contributed by atoms with E-state index < -0.39 is 0 Å². The number of aromatic nitrogens is 1. The molecule has 1 N–H and O–H groups in total. The Kier molecular flexibility index (Phi) is 5.05. The van der Waals surface area contributed by atoms with E-state index in [1.54, 1.807) is 0 Å². The van der Waals surface area contributed by atoms with Gasteiger partial charge in [0.25, 0.3) is 0 Å². The first kappa shape index (κ1) is 15.3. The van der Waals surface area contributed by atoms with Crippen molar-refractivity contribution in [2.24, 2.45) is 0 Å². The van der Waals surface area contributed by atoms with Crippen molar-refractivity contribution in [3.8, 4) is 0 Å². The predicted octanol–water partition coefficient (Wildman–Crippen LogP) is 5.02. The molecule has 2 aromatic carbocycles. The molecular formula is C21H22N2. The van der Waals surface area contributed by atoms with Gasteiger partial charge in [-0.3, -0.25) is 4.98 Å². The fraction of sp³-hybridized carbons (Fsp3) is 0.190. The summed E-state index contributed by atoms with van der Waals surface area (Å²) in [5.41, 5.74) is 4.91.